The minimum absolute atomic E-state index is 0.195. The number of ether oxygens (including phenoxy) is 1. The first-order chi connectivity index (χ1) is 11.6. The second kappa shape index (κ2) is 6.58. The number of anilines is 1. The van der Waals surface area contributed by atoms with Crippen LogP contribution < -0.4 is 5.32 Å². The molecule has 0 bridgehead atoms. The SMILES string of the molecule is CCOC(=O)c1cc2cc(C(=O)Nc3ccc(C)cc3)ccc2[nH]1. The molecule has 0 fully saturated rings. The molecule has 0 radical (unpaired) electrons. The second-order valence-electron chi connectivity index (χ2n) is 5.53. The lowest BCUT2D eigenvalue weighted by atomic mass is 10.1. The van der Waals surface area contributed by atoms with Gasteiger partial charge in [-0.25, -0.2) is 4.79 Å². The molecule has 5 heteroatoms. The summed E-state index contributed by atoms with van der Waals surface area (Å²) in [5, 5.41) is 3.65. The van der Waals surface area contributed by atoms with Crippen molar-refractivity contribution in [3.63, 3.8) is 0 Å². The molecule has 24 heavy (non-hydrogen) atoms. The molecular weight excluding hydrogens is 304 g/mol. The summed E-state index contributed by atoms with van der Waals surface area (Å²) in [6.07, 6.45) is 0. The van der Waals surface area contributed by atoms with E-state index in [1.807, 2.05) is 31.2 Å². The van der Waals surface area contributed by atoms with Crippen molar-refractivity contribution in [2.24, 2.45) is 0 Å². The normalized spacial score (nSPS) is 10.6. The van der Waals surface area contributed by atoms with Gasteiger partial charge < -0.3 is 15.0 Å². The van der Waals surface area contributed by atoms with Gasteiger partial charge in [0.05, 0.1) is 6.61 Å². The van der Waals surface area contributed by atoms with E-state index in [4.69, 9.17) is 4.74 Å². The maximum Gasteiger partial charge on any atom is 0.354 e. The Labute approximate surface area is 139 Å². The summed E-state index contributed by atoms with van der Waals surface area (Å²) in [6, 6.07) is 14.5. The summed E-state index contributed by atoms with van der Waals surface area (Å²) in [7, 11) is 0. The van der Waals surface area contributed by atoms with Crippen molar-refractivity contribution in [3.05, 3.63) is 65.4 Å². The van der Waals surface area contributed by atoms with Crippen molar-refractivity contribution in [1.82, 2.24) is 4.98 Å². The molecule has 5 nitrogen and oxygen atoms in total. The highest BCUT2D eigenvalue weighted by Gasteiger charge is 2.12. The van der Waals surface area contributed by atoms with Gasteiger partial charge in [0.1, 0.15) is 5.69 Å². The summed E-state index contributed by atoms with van der Waals surface area (Å²) < 4.78 is 4.97. The molecule has 0 unspecified atom stereocenters. The summed E-state index contributed by atoms with van der Waals surface area (Å²) >= 11 is 0. The predicted octanol–water partition coefficient (Wildman–Crippen LogP) is 3.91. The van der Waals surface area contributed by atoms with Gasteiger partial charge in [-0.05, 0) is 50.2 Å². The summed E-state index contributed by atoms with van der Waals surface area (Å²) in [4.78, 5) is 27.1. The van der Waals surface area contributed by atoms with Gasteiger partial charge >= 0.3 is 5.97 Å². The van der Waals surface area contributed by atoms with Gasteiger partial charge in [0.2, 0.25) is 0 Å². The first-order valence-corrected chi connectivity index (χ1v) is 7.74. The van der Waals surface area contributed by atoms with Crippen molar-refractivity contribution < 1.29 is 14.3 Å². The molecule has 2 aromatic carbocycles. The van der Waals surface area contributed by atoms with Crippen LogP contribution in [0.2, 0.25) is 0 Å². The van der Waals surface area contributed by atoms with E-state index in [1.165, 1.54) is 0 Å². The molecule has 1 amide bonds. The second-order valence-corrected chi connectivity index (χ2v) is 5.53. The smallest absolute Gasteiger partial charge is 0.354 e. The van der Waals surface area contributed by atoms with E-state index in [1.54, 1.807) is 31.2 Å². The molecule has 0 spiro atoms. The predicted molar refractivity (Wildman–Crippen MR) is 93.4 cm³/mol. The molecule has 1 aromatic heterocycles. The Bertz CT molecular complexity index is 895. The molecule has 0 saturated carbocycles. The first-order valence-electron chi connectivity index (χ1n) is 7.74. The minimum Gasteiger partial charge on any atom is -0.461 e. The van der Waals surface area contributed by atoms with Crippen LogP contribution in [0.4, 0.5) is 5.69 Å². The van der Waals surface area contributed by atoms with E-state index < -0.39 is 5.97 Å². The molecule has 2 N–H and O–H groups in total. The molecule has 0 aliphatic heterocycles. The number of aryl methyl sites for hydroxylation is 1. The number of rotatable bonds is 4. The summed E-state index contributed by atoms with van der Waals surface area (Å²) in [6.45, 7) is 4.07. The van der Waals surface area contributed by atoms with Crippen LogP contribution in [0.25, 0.3) is 10.9 Å². The Hall–Kier alpha value is -3.08. The van der Waals surface area contributed by atoms with Gasteiger partial charge in [-0.15, -0.1) is 0 Å². The number of fused-ring (bicyclic) bond motifs is 1. The average molecular weight is 322 g/mol. The van der Waals surface area contributed by atoms with Crippen LogP contribution in [0.3, 0.4) is 0 Å². The number of carbonyl (C=O) groups excluding carboxylic acids is 2. The summed E-state index contributed by atoms with van der Waals surface area (Å²) in [5.74, 6) is -0.598. The van der Waals surface area contributed by atoms with Crippen molar-refractivity contribution in [1.29, 1.82) is 0 Å². The number of benzene rings is 2. The van der Waals surface area contributed by atoms with Gasteiger partial charge in [-0.2, -0.15) is 0 Å². The number of esters is 1. The van der Waals surface area contributed by atoms with Crippen LogP contribution >= 0.6 is 0 Å². The van der Waals surface area contributed by atoms with Crippen LogP contribution in [0.1, 0.15) is 33.3 Å². The van der Waals surface area contributed by atoms with E-state index in [9.17, 15) is 9.59 Å². The Morgan fingerprint density at radius 2 is 1.83 bits per heavy atom. The van der Waals surface area contributed by atoms with E-state index in [0.29, 0.717) is 17.9 Å². The number of nitrogens with one attached hydrogen (secondary N) is 2. The Morgan fingerprint density at radius 3 is 2.54 bits per heavy atom. The molecule has 0 atom stereocenters. The van der Waals surface area contributed by atoms with Crippen LogP contribution in [0.5, 0.6) is 0 Å². The molecule has 3 rings (SSSR count). The number of hydrogen-bond donors (Lipinski definition) is 2. The van der Waals surface area contributed by atoms with E-state index in [-0.39, 0.29) is 5.91 Å². The first kappa shape index (κ1) is 15.8. The highest BCUT2D eigenvalue weighted by molar-refractivity contribution is 6.06. The van der Waals surface area contributed by atoms with Crippen molar-refractivity contribution >= 4 is 28.5 Å². The van der Waals surface area contributed by atoms with Crippen LogP contribution in [-0.2, 0) is 4.74 Å². The lowest BCUT2D eigenvalue weighted by Gasteiger charge is -2.05. The summed E-state index contributed by atoms with van der Waals surface area (Å²) in [5.41, 5.74) is 3.56. The van der Waals surface area contributed by atoms with Crippen molar-refractivity contribution in [3.8, 4) is 0 Å². The Kier molecular flexibility index (Phi) is 4.33. The quantitative estimate of drug-likeness (QED) is 0.716. The van der Waals surface area contributed by atoms with Crippen LogP contribution in [0.15, 0.2) is 48.5 Å². The minimum atomic E-state index is -0.403. The van der Waals surface area contributed by atoms with Gasteiger partial charge in [-0.1, -0.05) is 17.7 Å². The van der Waals surface area contributed by atoms with Crippen LogP contribution in [0, 0.1) is 6.92 Å². The largest absolute Gasteiger partial charge is 0.461 e. The average Bonchev–Trinajstić information content (AvgIpc) is 3.00. The third-order valence-corrected chi connectivity index (χ3v) is 3.69. The fourth-order valence-electron chi connectivity index (χ4n) is 2.43. The maximum atomic E-state index is 12.4. The molecule has 3 aromatic rings. The van der Waals surface area contributed by atoms with E-state index in [2.05, 4.69) is 10.3 Å². The molecule has 0 saturated heterocycles. The van der Waals surface area contributed by atoms with Gasteiger partial charge in [0, 0.05) is 22.2 Å². The van der Waals surface area contributed by atoms with Gasteiger partial charge in [0.15, 0.2) is 0 Å². The molecule has 0 aliphatic rings. The fraction of sp³-hybridized carbons (Fsp3) is 0.158. The topological polar surface area (TPSA) is 71.2 Å². The number of amides is 1. The number of aromatic amines is 1. The zero-order valence-electron chi connectivity index (χ0n) is 13.6. The number of H-pyrrole nitrogens is 1. The van der Waals surface area contributed by atoms with Crippen molar-refractivity contribution in [2.45, 2.75) is 13.8 Å². The molecule has 0 aliphatic carbocycles. The number of aromatic nitrogens is 1. The molecular formula is C19H18N2O3. The monoisotopic (exact) mass is 322 g/mol. The highest BCUT2D eigenvalue weighted by Crippen LogP contribution is 2.19. The van der Waals surface area contributed by atoms with Gasteiger partial charge in [-0.3, -0.25) is 4.79 Å². The number of hydrogen-bond acceptors (Lipinski definition) is 3. The molecule has 122 valence electrons. The van der Waals surface area contributed by atoms with E-state index >= 15 is 0 Å². The lowest BCUT2D eigenvalue weighted by molar-refractivity contribution is 0.0520. The van der Waals surface area contributed by atoms with Gasteiger partial charge in [0.25, 0.3) is 5.91 Å². The highest BCUT2D eigenvalue weighted by atomic mass is 16.5. The van der Waals surface area contributed by atoms with E-state index in [0.717, 1.165) is 22.2 Å². The Balaban J connectivity index is 1.83. The third-order valence-electron chi connectivity index (χ3n) is 3.69. The number of carbonyl (C=O) groups is 2. The lowest BCUT2D eigenvalue weighted by Crippen LogP contribution is -2.11. The zero-order valence-corrected chi connectivity index (χ0v) is 13.6. The Morgan fingerprint density at radius 1 is 1.08 bits per heavy atom. The zero-order chi connectivity index (χ0) is 17.1. The maximum absolute atomic E-state index is 12.4. The van der Waals surface area contributed by atoms with Crippen LogP contribution in [-0.4, -0.2) is 23.5 Å². The molecule has 1 heterocycles. The third kappa shape index (κ3) is 3.30. The fourth-order valence-corrected chi connectivity index (χ4v) is 2.43. The standard InChI is InChI=1S/C19H18N2O3/c1-3-24-19(23)17-11-14-10-13(6-9-16(14)21-17)18(22)20-15-7-4-12(2)5-8-15/h4-11,21H,3H2,1-2H3,(H,20,22). The van der Waals surface area contributed by atoms with Crippen molar-refractivity contribution in [2.75, 3.05) is 11.9 Å².